The Balaban J connectivity index is 1.08. The van der Waals surface area contributed by atoms with E-state index in [0.717, 1.165) is 16.9 Å². The van der Waals surface area contributed by atoms with Crippen molar-refractivity contribution in [3.63, 3.8) is 0 Å². The second kappa shape index (κ2) is 10.9. The van der Waals surface area contributed by atoms with Gasteiger partial charge in [-0.15, -0.1) is 0 Å². The monoisotopic (exact) mass is 617 g/mol. The van der Waals surface area contributed by atoms with Gasteiger partial charge in [-0.3, -0.25) is 9.59 Å². The molecule has 2 aromatic heterocycles. The Bertz CT molecular complexity index is 1500. The van der Waals surface area contributed by atoms with Gasteiger partial charge in [0.2, 0.25) is 0 Å². The van der Waals surface area contributed by atoms with Crippen LogP contribution >= 0.6 is 34.5 Å². The second-order valence-electron chi connectivity index (χ2n) is 11.0. The van der Waals surface area contributed by atoms with Crippen LogP contribution < -0.4 is 10.2 Å². The zero-order valence-electron chi connectivity index (χ0n) is 22.2. The number of benzene rings is 1. The Morgan fingerprint density at radius 2 is 1.76 bits per heavy atom. The van der Waals surface area contributed by atoms with Gasteiger partial charge in [-0.2, -0.15) is 0 Å². The summed E-state index contributed by atoms with van der Waals surface area (Å²) in [5.74, 6) is -0.879. The predicted octanol–water partition coefficient (Wildman–Crippen LogP) is 3.84. The number of carbonyl (C=O) groups is 3. The molecule has 13 heteroatoms. The average molecular weight is 619 g/mol. The Morgan fingerprint density at radius 1 is 1.10 bits per heavy atom. The number of aliphatic hydroxyl groups is 1. The van der Waals surface area contributed by atoms with E-state index in [9.17, 15) is 24.6 Å². The lowest BCUT2D eigenvalue weighted by Gasteiger charge is -2.29. The summed E-state index contributed by atoms with van der Waals surface area (Å²) in [6.45, 7) is 4.16. The average Bonchev–Trinajstić information content (AvgIpc) is 3.30. The fourth-order valence-electron chi connectivity index (χ4n) is 5.82. The van der Waals surface area contributed by atoms with Crippen LogP contribution in [0, 0.1) is 18.8 Å². The Kier molecular flexibility index (Phi) is 7.48. The normalized spacial score (nSPS) is 22.1. The van der Waals surface area contributed by atoms with Crippen molar-refractivity contribution in [2.45, 2.75) is 38.3 Å². The molecule has 6 rings (SSSR count). The second-order valence-corrected chi connectivity index (χ2v) is 12.7. The molecule has 10 nitrogen and oxygen atoms in total. The number of piperidine rings is 2. The van der Waals surface area contributed by atoms with Crippen LogP contribution in [0.3, 0.4) is 0 Å². The van der Waals surface area contributed by atoms with Crippen LogP contribution in [0.15, 0.2) is 24.3 Å². The molecule has 3 fully saturated rings. The Hall–Kier alpha value is -3.12. The fourth-order valence-corrected chi connectivity index (χ4v) is 7.18. The number of anilines is 1. The number of carbonyl (C=O) groups excluding carboxylic acids is 2. The van der Waals surface area contributed by atoms with Crippen molar-refractivity contribution in [3.8, 4) is 0 Å². The number of hydrogen-bond donors (Lipinski definition) is 4. The van der Waals surface area contributed by atoms with Crippen LogP contribution in [0.2, 0.25) is 10.0 Å². The van der Waals surface area contributed by atoms with E-state index in [1.54, 1.807) is 24.0 Å². The zero-order valence-corrected chi connectivity index (χ0v) is 24.5. The van der Waals surface area contributed by atoms with E-state index in [4.69, 9.17) is 28.2 Å². The highest BCUT2D eigenvalue weighted by molar-refractivity contribution is 7.17. The SMILES string of the molecule is Cc1[nH]c(C(=O)NC2[C@H]3CN(c4nc(Cc5ccc(C(=O)N6CCC(O)CC6)cc5)c(C(=O)O)s4)C[C@@H]23)c(Cl)c1Cl. The number of amides is 2. The van der Waals surface area contributed by atoms with Crippen LogP contribution in [0.5, 0.6) is 0 Å². The number of aromatic carboxylic acids is 1. The summed E-state index contributed by atoms with van der Waals surface area (Å²) in [7, 11) is 0. The minimum absolute atomic E-state index is 0.0202. The summed E-state index contributed by atoms with van der Waals surface area (Å²) in [5.41, 5.74) is 2.81. The van der Waals surface area contributed by atoms with Gasteiger partial charge in [0.05, 0.1) is 21.8 Å². The summed E-state index contributed by atoms with van der Waals surface area (Å²) in [6, 6.07) is 7.20. The number of H-pyrrole nitrogens is 1. The van der Waals surface area contributed by atoms with Crippen LogP contribution in [0.4, 0.5) is 5.13 Å². The van der Waals surface area contributed by atoms with Crippen LogP contribution in [0.1, 0.15) is 60.3 Å². The van der Waals surface area contributed by atoms with E-state index < -0.39 is 5.97 Å². The number of rotatable bonds is 7. The lowest BCUT2D eigenvalue weighted by molar-refractivity contribution is 0.0545. The molecule has 2 amide bonds. The van der Waals surface area contributed by atoms with Crippen molar-refractivity contribution in [1.29, 1.82) is 0 Å². The number of nitrogens with zero attached hydrogens (tertiary/aromatic N) is 3. The van der Waals surface area contributed by atoms with E-state index in [0.29, 0.717) is 72.5 Å². The minimum Gasteiger partial charge on any atom is -0.477 e. The van der Waals surface area contributed by atoms with Crippen molar-refractivity contribution in [2.24, 2.45) is 11.8 Å². The number of aromatic amines is 1. The van der Waals surface area contributed by atoms with E-state index in [-0.39, 0.29) is 51.4 Å². The number of aliphatic hydroxyl groups excluding tert-OH is 1. The molecule has 0 spiro atoms. The molecule has 216 valence electrons. The highest BCUT2D eigenvalue weighted by Gasteiger charge is 2.57. The van der Waals surface area contributed by atoms with E-state index in [1.807, 2.05) is 12.1 Å². The summed E-state index contributed by atoms with van der Waals surface area (Å²) >= 11 is 13.4. The highest BCUT2D eigenvalue weighted by Crippen LogP contribution is 2.48. The van der Waals surface area contributed by atoms with Crippen molar-refractivity contribution >= 4 is 57.5 Å². The number of nitrogens with one attached hydrogen (secondary N) is 2. The third-order valence-electron chi connectivity index (χ3n) is 8.25. The van der Waals surface area contributed by atoms with Gasteiger partial charge < -0.3 is 30.3 Å². The van der Waals surface area contributed by atoms with Crippen molar-refractivity contribution in [2.75, 3.05) is 31.1 Å². The maximum absolute atomic E-state index is 12.8. The number of carboxylic acids is 1. The van der Waals surface area contributed by atoms with Crippen molar-refractivity contribution in [1.82, 2.24) is 20.2 Å². The van der Waals surface area contributed by atoms with Gasteiger partial charge in [0.1, 0.15) is 10.6 Å². The van der Waals surface area contributed by atoms with E-state index in [2.05, 4.69) is 15.2 Å². The molecule has 2 aliphatic heterocycles. The highest BCUT2D eigenvalue weighted by atomic mass is 35.5. The molecule has 0 radical (unpaired) electrons. The molecule has 4 heterocycles. The quantitative estimate of drug-likeness (QED) is 0.316. The van der Waals surface area contributed by atoms with Gasteiger partial charge in [0.25, 0.3) is 11.8 Å². The first-order chi connectivity index (χ1) is 19.6. The Labute approximate surface area is 250 Å². The number of halogens is 2. The number of thiazole rings is 1. The first kappa shape index (κ1) is 28.0. The van der Waals surface area contributed by atoms with Gasteiger partial charge in [-0.05, 0) is 37.5 Å². The molecule has 3 aliphatic rings. The molecule has 2 saturated heterocycles. The molecule has 1 aromatic carbocycles. The van der Waals surface area contributed by atoms with Crippen LogP contribution in [0.25, 0.3) is 0 Å². The van der Waals surface area contributed by atoms with Crippen molar-refractivity contribution in [3.05, 3.63) is 67.4 Å². The van der Waals surface area contributed by atoms with Crippen LogP contribution in [-0.4, -0.2) is 81.2 Å². The Morgan fingerprint density at radius 3 is 2.34 bits per heavy atom. The number of likely N-dealkylation sites (tertiary alicyclic amines) is 1. The first-order valence-electron chi connectivity index (χ1n) is 13.5. The third-order valence-corrected chi connectivity index (χ3v) is 10.3. The molecule has 0 bridgehead atoms. The molecule has 41 heavy (non-hydrogen) atoms. The lowest BCUT2D eigenvalue weighted by Crippen LogP contribution is -2.40. The summed E-state index contributed by atoms with van der Waals surface area (Å²) in [4.78, 5) is 49.2. The predicted molar refractivity (Wildman–Crippen MR) is 155 cm³/mol. The maximum Gasteiger partial charge on any atom is 0.347 e. The van der Waals surface area contributed by atoms with Gasteiger partial charge in [0.15, 0.2) is 5.13 Å². The van der Waals surface area contributed by atoms with Gasteiger partial charge >= 0.3 is 5.97 Å². The van der Waals surface area contributed by atoms with Gasteiger partial charge in [0, 0.05) is 61.7 Å². The smallest absolute Gasteiger partial charge is 0.347 e. The maximum atomic E-state index is 12.8. The number of hydrogen-bond acceptors (Lipinski definition) is 7. The molecular formula is C28H29Cl2N5O5S. The number of aromatic nitrogens is 2. The van der Waals surface area contributed by atoms with Gasteiger partial charge in [-0.25, -0.2) is 9.78 Å². The fraction of sp³-hybridized carbons (Fsp3) is 0.429. The largest absolute Gasteiger partial charge is 0.477 e. The summed E-state index contributed by atoms with van der Waals surface area (Å²) in [5, 5.41) is 23.8. The number of aryl methyl sites for hydroxylation is 1. The molecule has 3 atom stereocenters. The number of fused-ring (bicyclic) bond motifs is 1. The summed E-state index contributed by atoms with van der Waals surface area (Å²) < 4.78 is 0. The topological polar surface area (TPSA) is 139 Å². The van der Waals surface area contributed by atoms with Gasteiger partial charge in [-0.1, -0.05) is 46.7 Å². The molecule has 1 unspecified atom stereocenters. The molecular weight excluding hydrogens is 589 g/mol. The minimum atomic E-state index is -1.02. The zero-order chi connectivity index (χ0) is 29.0. The van der Waals surface area contributed by atoms with E-state index >= 15 is 0 Å². The standard InChI is InChI=1S/C28H29Cl2N5O5S/c1-13-20(29)21(30)23(31-13)25(37)33-22-17-11-35(12-18(17)22)28-32-19(24(41-28)27(39)40)10-14-2-4-15(5-3-14)26(38)34-8-6-16(36)7-9-34/h2-5,16-18,22,31,36H,6-12H2,1H3,(H,33,37)(H,39,40)/t17-,18+,22?. The van der Waals surface area contributed by atoms with E-state index in [1.165, 1.54) is 0 Å². The van der Waals surface area contributed by atoms with Crippen molar-refractivity contribution < 1.29 is 24.6 Å². The lowest BCUT2D eigenvalue weighted by atomic mass is 10.0. The molecule has 4 N–H and O–H groups in total. The molecule has 1 aliphatic carbocycles. The molecule has 3 aromatic rings. The number of carboxylic acid groups (broad SMARTS) is 1. The third kappa shape index (κ3) is 5.43. The summed E-state index contributed by atoms with van der Waals surface area (Å²) in [6.07, 6.45) is 1.15. The first-order valence-corrected chi connectivity index (χ1v) is 15.1. The van der Waals surface area contributed by atoms with Crippen LogP contribution in [-0.2, 0) is 6.42 Å². The molecule has 1 saturated carbocycles.